The molecule has 34 heavy (non-hydrogen) atoms. The van der Waals surface area contributed by atoms with Gasteiger partial charge in [-0.05, 0) is 49.2 Å². The fourth-order valence-corrected chi connectivity index (χ4v) is 3.64. The van der Waals surface area contributed by atoms with Gasteiger partial charge in [0.15, 0.2) is 11.5 Å². The van der Waals surface area contributed by atoms with E-state index in [2.05, 4.69) is 15.4 Å². The fourth-order valence-electron chi connectivity index (χ4n) is 3.64. The van der Waals surface area contributed by atoms with E-state index in [1.807, 2.05) is 13.0 Å². The number of halogens is 1. The van der Waals surface area contributed by atoms with Crippen LogP contribution in [0.15, 0.2) is 54.7 Å². The van der Waals surface area contributed by atoms with Crippen LogP contribution in [0.2, 0.25) is 0 Å². The van der Waals surface area contributed by atoms with E-state index in [4.69, 9.17) is 10.5 Å². The topological polar surface area (TPSA) is 112 Å². The summed E-state index contributed by atoms with van der Waals surface area (Å²) in [6.07, 6.45) is 1.66. The van der Waals surface area contributed by atoms with Crippen molar-refractivity contribution in [2.75, 3.05) is 11.9 Å². The molecular weight excluding hydrogens is 437 g/mol. The zero-order valence-electron chi connectivity index (χ0n) is 18.8. The maximum atomic E-state index is 14.9. The van der Waals surface area contributed by atoms with Crippen molar-refractivity contribution in [2.24, 2.45) is 5.73 Å². The molecule has 0 radical (unpaired) electrons. The van der Waals surface area contributed by atoms with Crippen LogP contribution in [-0.2, 0) is 22.5 Å². The number of nitrogens with two attached hydrogens (primary N) is 1. The smallest absolute Gasteiger partial charge is 0.310 e. The number of hydrogen-bond acceptors (Lipinski definition) is 6. The molecule has 4 aromatic rings. The van der Waals surface area contributed by atoms with Crippen LogP contribution in [0.1, 0.15) is 34.1 Å². The van der Waals surface area contributed by atoms with E-state index < -0.39 is 17.7 Å². The van der Waals surface area contributed by atoms with Crippen LogP contribution >= 0.6 is 0 Å². The third-order valence-electron chi connectivity index (χ3n) is 5.30. The zero-order valence-corrected chi connectivity index (χ0v) is 18.8. The number of nitrogens with one attached hydrogen (secondary N) is 1. The average molecular weight is 461 g/mol. The van der Waals surface area contributed by atoms with Gasteiger partial charge in [-0.2, -0.15) is 0 Å². The van der Waals surface area contributed by atoms with Crippen LogP contribution in [0.25, 0.3) is 16.9 Å². The van der Waals surface area contributed by atoms with Crippen molar-refractivity contribution in [1.82, 2.24) is 14.6 Å². The standard InChI is InChI=1S/C25H24FN5O3/c1-3-34-21(32)13-16-10-9-15(2)12-19(16)28-25(33)23-20-8-5-11-31(20)30-24(29-23)18-7-4-6-17(14-27)22(18)26/h4-12H,3,13-14,27H2,1-2H3,(H,28,33). The minimum Gasteiger partial charge on any atom is -0.466 e. The number of aromatic nitrogens is 3. The minimum atomic E-state index is -0.529. The second-order valence-corrected chi connectivity index (χ2v) is 7.70. The lowest BCUT2D eigenvalue weighted by molar-refractivity contribution is -0.142. The van der Waals surface area contributed by atoms with Crippen molar-refractivity contribution in [2.45, 2.75) is 26.8 Å². The predicted molar refractivity (Wildman–Crippen MR) is 126 cm³/mol. The van der Waals surface area contributed by atoms with Gasteiger partial charge in [0.25, 0.3) is 5.91 Å². The Balaban J connectivity index is 1.74. The first-order valence-electron chi connectivity index (χ1n) is 10.8. The molecule has 4 rings (SSSR count). The highest BCUT2D eigenvalue weighted by Crippen LogP contribution is 2.25. The van der Waals surface area contributed by atoms with Crippen molar-refractivity contribution in [3.63, 3.8) is 0 Å². The van der Waals surface area contributed by atoms with E-state index in [-0.39, 0.29) is 36.7 Å². The number of rotatable bonds is 7. The van der Waals surface area contributed by atoms with Crippen LogP contribution in [-0.4, -0.2) is 33.1 Å². The van der Waals surface area contributed by atoms with Gasteiger partial charge < -0.3 is 15.8 Å². The molecule has 2 aromatic carbocycles. The number of benzene rings is 2. The maximum absolute atomic E-state index is 14.9. The second-order valence-electron chi connectivity index (χ2n) is 7.70. The average Bonchev–Trinajstić information content (AvgIpc) is 3.29. The Hall–Kier alpha value is -4.11. The molecule has 3 N–H and O–H groups in total. The molecular formula is C25H24FN5O3. The highest BCUT2D eigenvalue weighted by molar-refractivity contribution is 6.08. The minimum absolute atomic E-state index is 0.0103. The molecule has 8 nitrogen and oxygen atoms in total. The van der Waals surface area contributed by atoms with E-state index in [0.29, 0.717) is 22.3 Å². The van der Waals surface area contributed by atoms with Gasteiger partial charge in [-0.15, -0.1) is 5.10 Å². The van der Waals surface area contributed by atoms with Gasteiger partial charge in [0.1, 0.15) is 5.82 Å². The summed E-state index contributed by atoms with van der Waals surface area (Å²) < 4.78 is 21.4. The van der Waals surface area contributed by atoms with Gasteiger partial charge in [0.05, 0.1) is 24.1 Å². The predicted octanol–water partition coefficient (Wildman–Crippen LogP) is 3.66. The van der Waals surface area contributed by atoms with E-state index in [0.717, 1.165) is 5.56 Å². The van der Waals surface area contributed by atoms with Crippen molar-refractivity contribution >= 4 is 23.1 Å². The molecule has 0 unspecified atom stereocenters. The lowest BCUT2D eigenvalue weighted by atomic mass is 10.1. The van der Waals surface area contributed by atoms with Gasteiger partial charge in [-0.1, -0.05) is 24.3 Å². The Morgan fingerprint density at radius 1 is 1.15 bits per heavy atom. The number of carbonyl (C=O) groups is 2. The van der Waals surface area contributed by atoms with Gasteiger partial charge in [0, 0.05) is 24.0 Å². The Bertz CT molecular complexity index is 1380. The van der Waals surface area contributed by atoms with Crippen LogP contribution in [0.4, 0.5) is 10.1 Å². The van der Waals surface area contributed by atoms with E-state index in [1.54, 1.807) is 55.6 Å². The maximum Gasteiger partial charge on any atom is 0.310 e. The number of fused-ring (bicyclic) bond motifs is 1. The largest absolute Gasteiger partial charge is 0.466 e. The molecule has 0 bridgehead atoms. The van der Waals surface area contributed by atoms with Gasteiger partial charge in [-0.25, -0.2) is 13.9 Å². The third-order valence-corrected chi connectivity index (χ3v) is 5.30. The molecule has 2 aromatic heterocycles. The van der Waals surface area contributed by atoms with Gasteiger partial charge in [0.2, 0.25) is 0 Å². The highest BCUT2D eigenvalue weighted by Gasteiger charge is 2.20. The van der Waals surface area contributed by atoms with E-state index >= 15 is 0 Å². The monoisotopic (exact) mass is 461 g/mol. The molecule has 0 spiro atoms. The summed E-state index contributed by atoms with van der Waals surface area (Å²) in [5.41, 5.74) is 8.60. The van der Waals surface area contributed by atoms with Crippen molar-refractivity contribution in [3.8, 4) is 11.4 Å². The first-order valence-corrected chi connectivity index (χ1v) is 10.8. The third kappa shape index (κ3) is 4.65. The van der Waals surface area contributed by atoms with Crippen LogP contribution in [0.5, 0.6) is 0 Å². The molecule has 0 saturated heterocycles. The molecule has 2 heterocycles. The zero-order chi connectivity index (χ0) is 24.2. The molecule has 0 saturated carbocycles. The number of esters is 1. The van der Waals surface area contributed by atoms with Crippen molar-refractivity contribution in [1.29, 1.82) is 0 Å². The number of carbonyl (C=O) groups excluding carboxylic acids is 2. The number of ether oxygens (including phenoxy) is 1. The summed E-state index contributed by atoms with van der Waals surface area (Å²) in [6, 6.07) is 13.6. The first kappa shape index (κ1) is 23.1. The van der Waals surface area contributed by atoms with Crippen molar-refractivity contribution < 1.29 is 18.7 Å². The second kappa shape index (κ2) is 9.80. The summed E-state index contributed by atoms with van der Waals surface area (Å²) >= 11 is 0. The molecule has 0 aliphatic carbocycles. The van der Waals surface area contributed by atoms with Crippen molar-refractivity contribution in [3.05, 3.63) is 82.9 Å². The van der Waals surface area contributed by atoms with Gasteiger partial charge >= 0.3 is 5.97 Å². The van der Waals surface area contributed by atoms with Crippen LogP contribution < -0.4 is 11.1 Å². The highest BCUT2D eigenvalue weighted by atomic mass is 19.1. The number of nitrogens with zero attached hydrogens (tertiary/aromatic N) is 3. The molecule has 0 aliphatic heterocycles. The summed E-state index contributed by atoms with van der Waals surface area (Å²) in [6.45, 7) is 3.90. The summed E-state index contributed by atoms with van der Waals surface area (Å²) in [7, 11) is 0. The molecule has 0 atom stereocenters. The lowest BCUT2D eigenvalue weighted by Gasteiger charge is -2.13. The Morgan fingerprint density at radius 2 is 1.97 bits per heavy atom. The van der Waals surface area contributed by atoms with E-state index in [9.17, 15) is 14.0 Å². The Labute approximate surface area is 195 Å². The summed E-state index contributed by atoms with van der Waals surface area (Å²) in [4.78, 5) is 29.8. The summed E-state index contributed by atoms with van der Waals surface area (Å²) in [5, 5.41) is 7.22. The number of aryl methyl sites for hydroxylation is 1. The normalized spacial score (nSPS) is 10.9. The first-order chi connectivity index (χ1) is 16.4. The lowest BCUT2D eigenvalue weighted by Crippen LogP contribution is -2.19. The van der Waals surface area contributed by atoms with E-state index in [1.165, 1.54) is 4.52 Å². The SMILES string of the molecule is CCOC(=O)Cc1ccc(C)cc1NC(=O)c1nc(-c2cccc(CN)c2F)nn2cccc12. The molecule has 1 amide bonds. The Kier molecular flexibility index (Phi) is 6.65. The van der Waals surface area contributed by atoms with Gasteiger partial charge in [-0.3, -0.25) is 9.59 Å². The Morgan fingerprint density at radius 3 is 2.74 bits per heavy atom. The molecule has 9 heteroatoms. The quantitative estimate of drug-likeness (QED) is 0.406. The molecule has 174 valence electrons. The molecule has 0 aliphatic rings. The number of hydrogen-bond donors (Lipinski definition) is 2. The summed E-state index contributed by atoms with van der Waals surface area (Å²) in [5.74, 6) is -1.38. The molecule has 0 fully saturated rings. The van der Waals surface area contributed by atoms with Crippen LogP contribution in [0.3, 0.4) is 0 Å². The number of amides is 1. The fraction of sp³-hybridized carbons (Fsp3) is 0.200. The van der Waals surface area contributed by atoms with Crippen LogP contribution in [0, 0.1) is 12.7 Å². The number of anilines is 1.